The van der Waals surface area contributed by atoms with Crippen LogP contribution in [0.1, 0.15) is 48.5 Å². The normalized spacial score (nSPS) is 20.2. The molecule has 0 saturated carbocycles. The van der Waals surface area contributed by atoms with E-state index in [1.807, 2.05) is 24.3 Å². The Morgan fingerprint density at radius 2 is 2.21 bits per heavy atom. The summed E-state index contributed by atoms with van der Waals surface area (Å²) in [7, 11) is 0. The van der Waals surface area contributed by atoms with Gasteiger partial charge in [0, 0.05) is 18.2 Å². The van der Waals surface area contributed by atoms with Crippen LogP contribution in [0.4, 0.5) is 0 Å². The number of hydrogen-bond acceptors (Lipinski definition) is 3. The summed E-state index contributed by atoms with van der Waals surface area (Å²) in [6, 6.07) is 8.35. The van der Waals surface area contributed by atoms with Gasteiger partial charge in [-0.1, -0.05) is 31.5 Å². The molecular formula is C15H23N3O. The molecular weight excluding hydrogens is 238 g/mol. The number of nitrogen functional groups attached to an aromatic ring is 1. The summed E-state index contributed by atoms with van der Waals surface area (Å²) < 4.78 is 0. The summed E-state index contributed by atoms with van der Waals surface area (Å²) in [5, 5.41) is 0. The zero-order chi connectivity index (χ0) is 13.7. The quantitative estimate of drug-likeness (QED) is 0.495. The maximum Gasteiger partial charge on any atom is 0.265 e. The molecule has 0 radical (unpaired) electrons. The van der Waals surface area contributed by atoms with Gasteiger partial charge in [-0.15, -0.1) is 0 Å². The summed E-state index contributed by atoms with van der Waals surface area (Å²) in [6.45, 7) is 4.20. The molecule has 1 fully saturated rings. The lowest BCUT2D eigenvalue weighted by Gasteiger charge is -2.35. The monoisotopic (exact) mass is 261 g/mol. The number of nitrogens with one attached hydrogen (secondary N) is 1. The van der Waals surface area contributed by atoms with Crippen LogP contribution < -0.4 is 11.3 Å². The Labute approximate surface area is 114 Å². The highest BCUT2D eigenvalue weighted by atomic mass is 16.2. The second-order valence-corrected chi connectivity index (χ2v) is 5.16. The Morgan fingerprint density at radius 3 is 2.95 bits per heavy atom. The van der Waals surface area contributed by atoms with Crippen molar-refractivity contribution in [1.82, 2.24) is 10.3 Å². The van der Waals surface area contributed by atoms with Crippen molar-refractivity contribution < 1.29 is 4.79 Å². The van der Waals surface area contributed by atoms with E-state index in [2.05, 4.69) is 17.2 Å². The van der Waals surface area contributed by atoms with Crippen molar-refractivity contribution in [1.29, 1.82) is 0 Å². The van der Waals surface area contributed by atoms with E-state index in [-0.39, 0.29) is 5.91 Å². The molecule has 104 valence electrons. The number of hydrogen-bond donors (Lipinski definition) is 2. The molecule has 3 N–H and O–H groups in total. The molecule has 1 aromatic carbocycles. The van der Waals surface area contributed by atoms with Crippen molar-refractivity contribution in [3.63, 3.8) is 0 Å². The van der Waals surface area contributed by atoms with Crippen LogP contribution in [0.2, 0.25) is 0 Å². The Balaban J connectivity index is 2.15. The molecule has 0 spiro atoms. The van der Waals surface area contributed by atoms with E-state index in [0.29, 0.717) is 11.6 Å². The minimum atomic E-state index is -0.208. The van der Waals surface area contributed by atoms with Gasteiger partial charge in [0.25, 0.3) is 5.91 Å². The molecule has 4 nitrogen and oxygen atoms in total. The topological polar surface area (TPSA) is 58.4 Å². The fourth-order valence-electron chi connectivity index (χ4n) is 2.91. The summed E-state index contributed by atoms with van der Waals surface area (Å²) in [5.74, 6) is 5.04. The highest BCUT2D eigenvalue weighted by Crippen LogP contribution is 2.22. The van der Waals surface area contributed by atoms with Crippen molar-refractivity contribution in [2.45, 2.75) is 45.2 Å². The standard InChI is InChI=1S/C15H23N3O/c1-2-13-8-5-6-10-18(13)11-12-7-3-4-9-14(12)15(19)17-16/h3-4,7,9,13H,2,5-6,8,10-11,16H2,1H3,(H,17,19). The Hall–Kier alpha value is -1.39. The van der Waals surface area contributed by atoms with E-state index >= 15 is 0 Å². The molecule has 19 heavy (non-hydrogen) atoms. The van der Waals surface area contributed by atoms with Crippen LogP contribution in [0, 0.1) is 0 Å². The lowest BCUT2D eigenvalue weighted by atomic mass is 9.98. The minimum Gasteiger partial charge on any atom is -0.296 e. The first kappa shape index (κ1) is 14.0. The molecule has 0 aliphatic carbocycles. The second-order valence-electron chi connectivity index (χ2n) is 5.16. The van der Waals surface area contributed by atoms with Gasteiger partial charge in [-0.2, -0.15) is 0 Å². The van der Waals surface area contributed by atoms with Gasteiger partial charge in [-0.25, -0.2) is 5.84 Å². The smallest absolute Gasteiger partial charge is 0.265 e. The third kappa shape index (κ3) is 3.33. The predicted octanol–water partition coefficient (Wildman–Crippen LogP) is 2.05. The number of nitrogens with zero attached hydrogens (tertiary/aromatic N) is 1. The maximum atomic E-state index is 11.8. The number of nitrogens with two attached hydrogens (primary N) is 1. The van der Waals surface area contributed by atoms with Gasteiger partial charge in [-0.3, -0.25) is 15.1 Å². The number of carbonyl (C=O) groups is 1. The highest BCUT2D eigenvalue weighted by molar-refractivity contribution is 5.95. The number of carbonyl (C=O) groups excluding carboxylic acids is 1. The average Bonchev–Trinajstić information content (AvgIpc) is 2.47. The van der Waals surface area contributed by atoms with E-state index < -0.39 is 0 Å². The van der Waals surface area contributed by atoms with Gasteiger partial charge in [-0.05, 0) is 37.4 Å². The molecule has 1 aliphatic rings. The van der Waals surface area contributed by atoms with E-state index in [0.717, 1.165) is 18.7 Å². The van der Waals surface area contributed by atoms with E-state index in [1.165, 1.54) is 25.7 Å². The maximum absolute atomic E-state index is 11.8. The molecule has 1 amide bonds. The van der Waals surface area contributed by atoms with Gasteiger partial charge < -0.3 is 0 Å². The predicted molar refractivity (Wildman–Crippen MR) is 76.4 cm³/mol. The van der Waals surface area contributed by atoms with Crippen LogP contribution in [0.15, 0.2) is 24.3 Å². The van der Waals surface area contributed by atoms with Crippen LogP contribution in [0.5, 0.6) is 0 Å². The fourth-order valence-corrected chi connectivity index (χ4v) is 2.91. The molecule has 1 unspecified atom stereocenters. The van der Waals surface area contributed by atoms with Gasteiger partial charge in [0.2, 0.25) is 0 Å². The van der Waals surface area contributed by atoms with Crippen LogP contribution >= 0.6 is 0 Å². The summed E-state index contributed by atoms with van der Waals surface area (Å²) in [6.07, 6.45) is 5.01. The molecule has 1 heterocycles. The number of likely N-dealkylation sites (tertiary alicyclic amines) is 1. The SMILES string of the molecule is CCC1CCCCN1Cc1ccccc1C(=O)NN. The van der Waals surface area contributed by atoms with Crippen molar-refractivity contribution >= 4 is 5.91 Å². The molecule has 0 aromatic heterocycles. The molecule has 1 saturated heterocycles. The van der Waals surface area contributed by atoms with E-state index in [9.17, 15) is 4.79 Å². The third-order valence-electron chi connectivity index (χ3n) is 3.99. The van der Waals surface area contributed by atoms with Crippen LogP contribution in [-0.2, 0) is 6.54 Å². The first-order valence-electron chi connectivity index (χ1n) is 7.09. The average molecular weight is 261 g/mol. The molecule has 1 aromatic rings. The number of hydrazine groups is 1. The number of rotatable bonds is 4. The van der Waals surface area contributed by atoms with Gasteiger partial charge in [0.15, 0.2) is 0 Å². The highest BCUT2D eigenvalue weighted by Gasteiger charge is 2.22. The largest absolute Gasteiger partial charge is 0.296 e. The molecule has 4 heteroatoms. The van der Waals surface area contributed by atoms with Gasteiger partial charge in [0.1, 0.15) is 0 Å². The first-order chi connectivity index (χ1) is 9.26. The summed E-state index contributed by atoms with van der Waals surface area (Å²) >= 11 is 0. The molecule has 2 rings (SSSR count). The Morgan fingerprint density at radius 1 is 1.42 bits per heavy atom. The van der Waals surface area contributed by atoms with Crippen LogP contribution in [-0.4, -0.2) is 23.4 Å². The Kier molecular flexibility index (Phi) is 4.93. The van der Waals surface area contributed by atoms with Crippen molar-refractivity contribution in [3.05, 3.63) is 35.4 Å². The van der Waals surface area contributed by atoms with Crippen LogP contribution in [0.25, 0.3) is 0 Å². The molecule has 0 bridgehead atoms. The van der Waals surface area contributed by atoms with Crippen LogP contribution in [0.3, 0.4) is 0 Å². The molecule has 1 aliphatic heterocycles. The minimum absolute atomic E-state index is 0.208. The zero-order valence-electron chi connectivity index (χ0n) is 11.6. The van der Waals surface area contributed by atoms with Gasteiger partial charge in [0.05, 0.1) is 0 Å². The number of piperidine rings is 1. The first-order valence-corrected chi connectivity index (χ1v) is 7.09. The van der Waals surface area contributed by atoms with Crippen molar-refractivity contribution in [2.75, 3.05) is 6.54 Å². The van der Waals surface area contributed by atoms with Crippen molar-refractivity contribution in [3.8, 4) is 0 Å². The van der Waals surface area contributed by atoms with Crippen molar-refractivity contribution in [2.24, 2.45) is 5.84 Å². The fraction of sp³-hybridized carbons (Fsp3) is 0.533. The number of amides is 1. The number of benzene rings is 1. The third-order valence-corrected chi connectivity index (χ3v) is 3.99. The molecule has 1 atom stereocenters. The second kappa shape index (κ2) is 6.68. The lowest BCUT2D eigenvalue weighted by Crippen LogP contribution is -2.39. The Bertz CT molecular complexity index is 433. The lowest BCUT2D eigenvalue weighted by molar-refractivity contribution is 0.0948. The van der Waals surface area contributed by atoms with Gasteiger partial charge >= 0.3 is 0 Å². The zero-order valence-corrected chi connectivity index (χ0v) is 11.6. The summed E-state index contributed by atoms with van der Waals surface area (Å²) in [4.78, 5) is 14.3. The van der Waals surface area contributed by atoms with E-state index in [1.54, 1.807) is 0 Å². The van der Waals surface area contributed by atoms with E-state index in [4.69, 9.17) is 5.84 Å². The summed E-state index contributed by atoms with van der Waals surface area (Å²) in [5.41, 5.74) is 3.97.